The lowest BCUT2D eigenvalue weighted by atomic mass is 10.1. The summed E-state index contributed by atoms with van der Waals surface area (Å²) in [6.45, 7) is 4.07. The molecule has 1 aliphatic carbocycles. The van der Waals surface area contributed by atoms with Crippen LogP contribution in [0.4, 0.5) is 0 Å². The smallest absolute Gasteiger partial charge is 0.223 e. The molecule has 1 aliphatic heterocycles. The Balaban J connectivity index is 1.43. The second kappa shape index (κ2) is 6.40. The number of hydrogen-bond acceptors (Lipinski definition) is 3. The molecule has 0 spiro atoms. The predicted octanol–water partition coefficient (Wildman–Crippen LogP) is 2.32. The van der Waals surface area contributed by atoms with Crippen molar-refractivity contribution in [3.05, 3.63) is 53.3 Å². The lowest BCUT2D eigenvalue weighted by Gasteiger charge is -2.22. The quantitative estimate of drug-likeness (QED) is 0.918. The molecule has 0 bridgehead atoms. The lowest BCUT2D eigenvalue weighted by Crippen LogP contribution is -2.33. The topological polar surface area (TPSA) is 56.1 Å². The first-order chi connectivity index (χ1) is 11.7. The molecule has 5 nitrogen and oxygen atoms in total. The van der Waals surface area contributed by atoms with Gasteiger partial charge in [0, 0.05) is 18.7 Å². The maximum absolute atomic E-state index is 12.0. The number of carbonyl (C=O) groups excluding carboxylic acids is 1. The van der Waals surface area contributed by atoms with Crippen molar-refractivity contribution in [2.45, 2.75) is 32.4 Å². The van der Waals surface area contributed by atoms with Gasteiger partial charge in [0.05, 0.1) is 18.8 Å². The number of nitrogens with zero attached hydrogens (tertiary/aromatic N) is 2. The molecular weight excluding hydrogens is 302 g/mol. The van der Waals surface area contributed by atoms with Crippen molar-refractivity contribution in [2.24, 2.45) is 11.8 Å². The molecule has 0 unspecified atom stereocenters. The second-order valence-corrected chi connectivity index (χ2v) is 6.90. The Morgan fingerprint density at radius 3 is 2.92 bits per heavy atom. The van der Waals surface area contributed by atoms with Crippen LogP contribution in [0, 0.1) is 11.8 Å². The number of aromatic nitrogens is 2. The van der Waals surface area contributed by atoms with Gasteiger partial charge in [-0.2, -0.15) is 5.10 Å². The van der Waals surface area contributed by atoms with Gasteiger partial charge in [-0.1, -0.05) is 37.3 Å². The largest absolute Gasteiger partial charge is 0.370 e. The van der Waals surface area contributed by atoms with E-state index in [-0.39, 0.29) is 17.9 Å². The average molecular weight is 325 g/mol. The zero-order chi connectivity index (χ0) is 16.5. The van der Waals surface area contributed by atoms with Gasteiger partial charge in [-0.15, -0.1) is 0 Å². The normalized spacial score (nSPS) is 25.1. The molecule has 0 radical (unpaired) electrons. The SMILES string of the molecule is C[C@@H]1C[C@@H]1C(=O)NC[C@H]1OCCc2cn(Cc3ccccc3)nc21. The van der Waals surface area contributed by atoms with Crippen LogP contribution in [0.3, 0.4) is 0 Å². The fourth-order valence-electron chi connectivity index (χ4n) is 3.35. The summed E-state index contributed by atoms with van der Waals surface area (Å²) in [5, 5.41) is 7.75. The van der Waals surface area contributed by atoms with E-state index in [0.717, 1.165) is 25.1 Å². The highest BCUT2D eigenvalue weighted by Gasteiger charge is 2.39. The number of rotatable bonds is 5. The number of nitrogens with one attached hydrogen (secondary N) is 1. The van der Waals surface area contributed by atoms with Gasteiger partial charge in [0.25, 0.3) is 0 Å². The molecule has 5 heteroatoms. The average Bonchev–Trinajstić information content (AvgIpc) is 3.18. The fourth-order valence-corrected chi connectivity index (χ4v) is 3.35. The molecule has 3 atom stereocenters. The monoisotopic (exact) mass is 325 g/mol. The number of fused-ring (bicyclic) bond motifs is 1. The third kappa shape index (κ3) is 3.22. The maximum atomic E-state index is 12.0. The number of amides is 1. The first-order valence-electron chi connectivity index (χ1n) is 8.70. The lowest BCUT2D eigenvalue weighted by molar-refractivity contribution is -0.123. The van der Waals surface area contributed by atoms with Crippen LogP contribution in [0.15, 0.2) is 36.5 Å². The summed E-state index contributed by atoms with van der Waals surface area (Å²) in [6, 6.07) is 10.3. The Morgan fingerprint density at radius 2 is 2.17 bits per heavy atom. The van der Waals surface area contributed by atoms with Gasteiger partial charge in [0.15, 0.2) is 0 Å². The van der Waals surface area contributed by atoms with Crippen molar-refractivity contribution in [3.8, 4) is 0 Å². The highest BCUT2D eigenvalue weighted by molar-refractivity contribution is 5.81. The Kier molecular flexibility index (Phi) is 4.10. The van der Waals surface area contributed by atoms with Gasteiger partial charge < -0.3 is 10.1 Å². The van der Waals surface area contributed by atoms with Crippen LogP contribution < -0.4 is 5.32 Å². The molecule has 1 saturated carbocycles. The summed E-state index contributed by atoms with van der Waals surface area (Å²) >= 11 is 0. The minimum absolute atomic E-state index is 0.135. The molecule has 0 saturated heterocycles. The molecule has 2 heterocycles. The van der Waals surface area contributed by atoms with E-state index in [0.29, 0.717) is 19.1 Å². The van der Waals surface area contributed by atoms with Crippen molar-refractivity contribution in [1.29, 1.82) is 0 Å². The van der Waals surface area contributed by atoms with Gasteiger partial charge in [0.2, 0.25) is 5.91 Å². The Hall–Kier alpha value is -2.14. The molecular formula is C19H23N3O2. The molecule has 2 aliphatic rings. The van der Waals surface area contributed by atoms with Gasteiger partial charge in [-0.05, 0) is 29.9 Å². The van der Waals surface area contributed by atoms with Crippen LogP contribution in [0.1, 0.15) is 36.3 Å². The first-order valence-corrected chi connectivity index (χ1v) is 8.70. The Morgan fingerprint density at radius 1 is 1.38 bits per heavy atom. The van der Waals surface area contributed by atoms with Crippen LogP contribution >= 0.6 is 0 Å². The summed E-state index contributed by atoms with van der Waals surface area (Å²) in [5.41, 5.74) is 3.43. The van der Waals surface area contributed by atoms with Gasteiger partial charge in [-0.25, -0.2) is 0 Å². The van der Waals surface area contributed by atoms with Crippen LogP contribution in [0.5, 0.6) is 0 Å². The minimum Gasteiger partial charge on any atom is -0.370 e. The number of ether oxygens (including phenoxy) is 1. The summed E-state index contributed by atoms with van der Waals surface area (Å²) in [6.07, 6.45) is 3.87. The van der Waals surface area contributed by atoms with Crippen molar-refractivity contribution >= 4 is 5.91 Å². The minimum atomic E-state index is -0.135. The second-order valence-electron chi connectivity index (χ2n) is 6.90. The Labute approximate surface area is 142 Å². The van der Waals surface area contributed by atoms with E-state index in [1.165, 1.54) is 11.1 Å². The number of hydrogen-bond donors (Lipinski definition) is 1. The van der Waals surface area contributed by atoms with Crippen molar-refractivity contribution in [3.63, 3.8) is 0 Å². The molecule has 2 aromatic rings. The third-order valence-electron chi connectivity index (χ3n) is 4.96. The standard InChI is InChI=1S/C19H23N3O2/c1-13-9-16(13)19(23)20-10-17-18-15(7-8-24-17)12-22(21-18)11-14-5-3-2-4-6-14/h2-6,12-13,16-17H,7-11H2,1H3,(H,20,23)/t13-,16+,17-/m1/s1. The van der Waals surface area contributed by atoms with E-state index in [1.54, 1.807) is 0 Å². The summed E-state index contributed by atoms with van der Waals surface area (Å²) in [4.78, 5) is 12.0. The summed E-state index contributed by atoms with van der Waals surface area (Å²) in [5.74, 6) is 0.878. The summed E-state index contributed by atoms with van der Waals surface area (Å²) < 4.78 is 7.83. The fraction of sp³-hybridized carbons (Fsp3) is 0.474. The molecule has 1 aromatic carbocycles. The van der Waals surface area contributed by atoms with E-state index in [4.69, 9.17) is 9.84 Å². The third-order valence-corrected chi connectivity index (χ3v) is 4.96. The molecule has 1 aromatic heterocycles. The van der Waals surface area contributed by atoms with Crippen molar-refractivity contribution < 1.29 is 9.53 Å². The predicted molar refractivity (Wildman–Crippen MR) is 90.4 cm³/mol. The molecule has 1 amide bonds. The van der Waals surface area contributed by atoms with Gasteiger partial charge in [-0.3, -0.25) is 9.48 Å². The van der Waals surface area contributed by atoms with Crippen molar-refractivity contribution in [1.82, 2.24) is 15.1 Å². The zero-order valence-electron chi connectivity index (χ0n) is 13.9. The van der Waals surface area contributed by atoms with E-state index in [1.807, 2.05) is 22.9 Å². The molecule has 24 heavy (non-hydrogen) atoms. The van der Waals surface area contributed by atoms with Gasteiger partial charge >= 0.3 is 0 Å². The molecule has 1 N–H and O–H groups in total. The zero-order valence-corrected chi connectivity index (χ0v) is 13.9. The first kappa shape index (κ1) is 15.4. The summed E-state index contributed by atoms with van der Waals surface area (Å²) in [7, 11) is 0. The Bertz CT molecular complexity index is 725. The van der Waals surface area contributed by atoms with Gasteiger partial charge in [0.1, 0.15) is 6.10 Å². The van der Waals surface area contributed by atoms with E-state index in [9.17, 15) is 4.79 Å². The van der Waals surface area contributed by atoms with Crippen LogP contribution in [0.2, 0.25) is 0 Å². The maximum Gasteiger partial charge on any atom is 0.223 e. The van der Waals surface area contributed by atoms with E-state index >= 15 is 0 Å². The highest BCUT2D eigenvalue weighted by atomic mass is 16.5. The van der Waals surface area contributed by atoms with Crippen molar-refractivity contribution in [2.75, 3.05) is 13.2 Å². The molecule has 1 fully saturated rings. The number of benzene rings is 1. The van der Waals surface area contributed by atoms with Crippen LogP contribution in [-0.4, -0.2) is 28.8 Å². The number of carbonyl (C=O) groups is 1. The molecule has 4 rings (SSSR count). The van der Waals surface area contributed by atoms with E-state index < -0.39 is 0 Å². The highest BCUT2D eigenvalue weighted by Crippen LogP contribution is 2.37. The van der Waals surface area contributed by atoms with Crippen LogP contribution in [-0.2, 0) is 22.5 Å². The van der Waals surface area contributed by atoms with Crippen LogP contribution in [0.25, 0.3) is 0 Å². The van der Waals surface area contributed by atoms with E-state index in [2.05, 4.69) is 30.6 Å². The molecule has 126 valence electrons.